The van der Waals surface area contributed by atoms with E-state index in [-0.39, 0.29) is 18.1 Å². The van der Waals surface area contributed by atoms with Gasteiger partial charge in [-0.2, -0.15) is 0 Å². The topological polar surface area (TPSA) is 55.8 Å². The van der Waals surface area contributed by atoms with E-state index in [1.165, 1.54) is 25.9 Å². The second-order valence-electron chi connectivity index (χ2n) is 6.73. The van der Waals surface area contributed by atoms with Crippen LogP contribution in [0.15, 0.2) is 0 Å². The van der Waals surface area contributed by atoms with Crippen LogP contribution in [0, 0.1) is 11.8 Å². The Morgan fingerprint density at radius 1 is 1.33 bits per heavy atom. The molecule has 2 amide bonds. The fraction of sp³-hybridized carbons (Fsp3) is 0.938. The van der Waals surface area contributed by atoms with E-state index in [1.807, 2.05) is 11.8 Å². The molecule has 5 heteroatoms. The van der Waals surface area contributed by atoms with Crippen molar-refractivity contribution in [2.45, 2.75) is 45.6 Å². The lowest BCUT2D eigenvalue weighted by Gasteiger charge is -2.34. The Bertz CT molecular complexity index is 335. The zero-order valence-corrected chi connectivity index (χ0v) is 13.6. The molecule has 3 atom stereocenters. The number of carbonyl (C=O) groups is 1. The van der Waals surface area contributed by atoms with Crippen molar-refractivity contribution in [3.63, 3.8) is 0 Å². The number of nitrogens with zero attached hydrogens (tertiary/aromatic N) is 2. The molecule has 5 nitrogen and oxygen atoms in total. The summed E-state index contributed by atoms with van der Waals surface area (Å²) in [5, 5.41) is 12.8. The van der Waals surface area contributed by atoms with Gasteiger partial charge in [-0.05, 0) is 51.6 Å². The number of aliphatic hydroxyl groups excluding tert-OH is 1. The molecule has 2 aliphatic heterocycles. The summed E-state index contributed by atoms with van der Waals surface area (Å²) >= 11 is 0. The average molecular weight is 297 g/mol. The third-order valence-corrected chi connectivity index (χ3v) is 4.88. The second-order valence-corrected chi connectivity index (χ2v) is 6.73. The molecule has 0 radical (unpaired) electrons. The standard InChI is InChI=1S/C16H31N3O2/c1-3-7-18-9-6-14(11-18)10-17-16(21)19-8-4-5-15(12-19)13(2)20/h13-15,20H,3-12H2,1-2H3,(H,17,21). The summed E-state index contributed by atoms with van der Waals surface area (Å²) in [6.45, 7) is 9.79. The van der Waals surface area contributed by atoms with Gasteiger partial charge in [0.25, 0.3) is 0 Å². The van der Waals surface area contributed by atoms with E-state index in [2.05, 4.69) is 17.1 Å². The van der Waals surface area contributed by atoms with Gasteiger partial charge in [-0.25, -0.2) is 4.79 Å². The van der Waals surface area contributed by atoms with Crippen LogP contribution in [0.3, 0.4) is 0 Å². The SMILES string of the molecule is CCCN1CCC(CNC(=O)N2CCCC(C(C)O)C2)C1. The molecule has 122 valence electrons. The van der Waals surface area contributed by atoms with Crippen LogP contribution in [0.1, 0.15) is 39.5 Å². The molecule has 2 N–H and O–H groups in total. The van der Waals surface area contributed by atoms with E-state index in [9.17, 15) is 9.90 Å². The molecular weight excluding hydrogens is 266 g/mol. The molecule has 2 saturated heterocycles. The van der Waals surface area contributed by atoms with Crippen molar-refractivity contribution < 1.29 is 9.90 Å². The van der Waals surface area contributed by atoms with Crippen LogP contribution in [0.4, 0.5) is 4.79 Å². The minimum atomic E-state index is -0.321. The first-order chi connectivity index (χ1) is 10.1. The molecule has 21 heavy (non-hydrogen) atoms. The summed E-state index contributed by atoms with van der Waals surface area (Å²) in [7, 11) is 0. The van der Waals surface area contributed by atoms with Gasteiger partial charge in [-0.3, -0.25) is 0 Å². The Morgan fingerprint density at radius 2 is 2.14 bits per heavy atom. The second kappa shape index (κ2) is 7.99. The van der Waals surface area contributed by atoms with Gasteiger partial charge in [-0.1, -0.05) is 6.92 Å². The predicted molar refractivity (Wildman–Crippen MR) is 84.2 cm³/mol. The minimum absolute atomic E-state index is 0.0503. The molecule has 0 aromatic rings. The fourth-order valence-electron chi connectivity index (χ4n) is 3.53. The predicted octanol–water partition coefficient (Wildman–Crippen LogP) is 1.52. The highest BCUT2D eigenvalue weighted by molar-refractivity contribution is 5.74. The molecule has 0 saturated carbocycles. The Hall–Kier alpha value is -0.810. The highest BCUT2D eigenvalue weighted by Gasteiger charge is 2.27. The normalized spacial score (nSPS) is 28.6. The molecular formula is C16H31N3O2. The van der Waals surface area contributed by atoms with Gasteiger partial charge >= 0.3 is 6.03 Å². The monoisotopic (exact) mass is 297 g/mol. The molecule has 2 aliphatic rings. The van der Waals surface area contributed by atoms with Crippen molar-refractivity contribution in [2.75, 3.05) is 39.3 Å². The zero-order chi connectivity index (χ0) is 15.2. The van der Waals surface area contributed by atoms with Gasteiger partial charge < -0.3 is 20.2 Å². The van der Waals surface area contributed by atoms with Gasteiger partial charge in [0.05, 0.1) is 6.10 Å². The Morgan fingerprint density at radius 3 is 2.86 bits per heavy atom. The number of hydrogen-bond donors (Lipinski definition) is 2. The number of piperidine rings is 1. The van der Waals surface area contributed by atoms with E-state index < -0.39 is 0 Å². The summed E-state index contributed by atoms with van der Waals surface area (Å²) in [5.41, 5.74) is 0. The maximum absolute atomic E-state index is 12.2. The van der Waals surface area contributed by atoms with Crippen molar-refractivity contribution in [1.29, 1.82) is 0 Å². The van der Waals surface area contributed by atoms with Gasteiger partial charge in [0.15, 0.2) is 0 Å². The maximum atomic E-state index is 12.2. The minimum Gasteiger partial charge on any atom is -0.393 e. The van der Waals surface area contributed by atoms with Gasteiger partial charge in [0, 0.05) is 32.1 Å². The van der Waals surface area contributed by atoms with Crippen LogP contribution >= 0.6 is 0 Å². The average Bonchev–Trinajstić information content (AvgIpc) is 2.93. The summed E-state index contributed by atoms with van der Waals surface area (Å²) in [4.78, 5) is 16.6. The van der Waals surface area contributed by atoms with E-state index in [0.717, 1.165) is 32.5 Å². The lowest BCUT2D eigenvalue weighted by Crippen LogP contribution is -2.48. The van der Waals surface area contributed by atoms with Crippen LogP contribution in [0.25, 0.3) is 0 Å². The third kappa shape index (κ3) is 4.85. The number of rotatable bonds is 5. The zero-order valence-electron chi connectivity index (χ0n) is 13.6. The summed E-state index contributed by atoms with van der Waals surface area (Å²) in [6, 6.07) is 0.0503. The van der Waals surface area contributed by atoms with Crippen LogP contribution in [-0.4, -0.2) is 66.3 Å². The van der Waals surface area contributed by atoms with Crippen LogP contribution in [0.2, 0.25) is 0 Å². The number of hydrogen-bond acceptors (Lipinski definition) is 3. The van der Waals surface area contributed by atoms with Crippen LogP contribution < -0.4 is 5.32 Å². The largest absolute Gasteiger partial charge is 0.393 e. The van der Waals surface area contributed by atoms with Gasteiger partial charge in [0.2, 0.25) is 0 Å². The highest BCUT2D eigenvalue weighted by Crippen LogP contribution is 2.20. The molecule has 2 heterocycles. The number of aliphatic hydroxyl groups is 1. The molecule has 0 spiro atoms. The lowest BCUT2D eigenvalue weighted by atomic mass is 9.94. The Kier molecular flexibility index (Phi) is 6.30. The number of urea groups is 1. The number of likely N-dealkylation sites (tertiary alicyclic amines) is 2. The number of amides is 2. The molecule has 2 rings (SSSR count). The first kappa shape index (κ1) is 16.6. The first-order valence-electron chi connectivity index (χ1n) is 8.53. The maximum Gasteiger partial charge on any atom is 0.317 e. The summed E-state index contributed by atoms with van der Waals surface area (Å²) in [5.74, 6) is 0.828. The van der Waals surface area contributed by atoms with E-state index in [1.54, 1.807) is 0 Å². The molecule has 0 aromatic carbocycles. The highest BCUT2D eigenvalue weighted by atomic mass is 16.3. The summed E-state index contributed by atoms with van der Waals surface area (Å²) in [6.07, 6.45) is 4.09. The molecule has 0 aliphatic carbocycles. The van der Waals surface area contributed by atoms with E-state index in [0.29, 0.717) is 12.5 Å². The Balaban J connectivity index is 1.70. The van der Waals surface area contributed by atoms with Crippen LogP contribution in [0.5, 0.6) is 0 Å². The smallest absolute Gasteiger partial charge is 0.317 e. The van der Waals surface area contributed by atoms with E-state index in [4.69, 9.17) is 0 Å². The van der Waals surface area contributed by atoms with Crippen molar-refractivity contribution in [3.8, 4) is 0 Å². The third-order valence-electron chi connectivity index (χ3n) is 4.88. The van der Waals surface area contributed by atoms with Crippen LogP contribution in [-0.2, 0) is 0 Å². The first-order valence-corrected chi connectivity index (χ1v) is 8.53. The van der Waals surface area contributed by atoms with Crippen molar-refractivity contribution in [3.05, 3.63) is 0 Å². The van der Waals surface area contributed by atoms with Crippen molar-refractivity contribution >= 4 is 6.03 Å². The molecule has 0 aromatic heterocycles. The number of carbonyl (C=O) groups excluding carboxylic acids is 1. The number of nitrogens with one attached hydrogen (secondary N) is 1. The molecule has 3 unspecified atom stereocenters. The fourth-order valence-corrected chi connectivity index (χ4v) is 3.53. The summed E-state index contributed by atoms with van der Waals surface area (Å²) < 4.78 is 0. The lowest BCUT2D eigenvalue weighted by molar-refractivity contribution is 0.0737. The Labute approximate surface area is 128 Å². The van der Waals surface area contributed by atoms with Crippen molar-refractivity contribution in [1.82, 2.24) is 15.1 Å². The quantitative estimate of drug-likeness (QED) is 0.809. The molecule has 2 fully saturated rings. The van der Waals surface area contributed by atoms with Crippen molar-refractivity contribution in [2.24, 2.45) is 11.8 Å². The van der Waals surface area contributed by atoms with Gasteiger partial charge in [0.1, 0.15) is 0 Å². The molecule has 0 bridgehead atoms. The van der Waals surface area contributed by atoms with Gasteiger partial charge in [-0.15, -0.1) is 0 Å². The van der Waals surface area contributed by atoms with E-state index >= 15 is 0 Å².